The normalized spacial score (nSPS) is 23.1. The SMILES string of the molecule is COc1ncc(C(F)(F)F)cc1CN[C@H]1[C@H](C(C)(C)C)[C@@H](C(=O)O)N(C(=O)OC(C)C)[C@H]1c1ccccc1C1CC1. The summed E-state index contributed by atoms with van der Waals surface area (Å²) in [5, 5.41) is 13.9. The summed E-state index contributed by atoms with van der Waals surface area (Å²) in [6.45, 7) is 8.99. The van der Waals surface area contributed by atoms with Crippen LogP contribution in [0.25, 0.3) is 0 Å². The van der Waals surface area contributed by atoms with Gasteiger partial charge >= 0.3 is 18.2 Å². The average Bonchev–Trinajstić information content (AvgIpc) is 3.65. The van der Waals surface area contributed by atoms with E-state index in [4.69, 9.17) is 9.47 Å². The third-order valence-electron chi connectivity index (χ3n) is 7.77. The number of hydrogen-bond acceptors (Lipinski definition) is 6. The van der Waals surface area contributed by atoms with E-state index in [0.29, 0.717) is 12.1 Å². The second-order valence-electron chi connectivity index (χ2n) is 12.2. The Labute approximate surface area is 238 Å². The fourth-order valence-electron chi connectivity index (χ4n) is 6.01. The van der Waals surface area contributed by atoms with Gasteiger partial charge in [0, 0.05) is 30.3 Å². The smallest absolute Gasteiger partial charge is 0.417 e. The summed E-state index contributed by atoms with van der Waals surface area (Å²) >= 11 is 0. The highest BCUT2D eigenvalue weighted by molar-refractivity contribution is 5.82. The van der Waals surface area contributed by atoms with Crippen molar-refractivity contribution in [3.05, 3.63) is 58.8 Å². The first-order valence-electron chi connectivity index (χ1n) is 13.8. The van der Waals surface area contributed by atoms with E-state index < -0.39 is 59.4 Å². The Morgan fingerprint density at radius 2 is 1.78 bits per heavy atom. The van der Waals surface area contributed by atoms with Gasteiger partial charge in [0.15, 0.2) is 0 Å². The van der Waals surface area contributed by atoms with Gasteiger partial charge in [-0.1, -0.05) is 45.0 Å². The number of likely N-dealkylation sites (tertiary alicyclic amines) is 1. The van der Waals surface area contributed by atoms with E-state index in [2.05, 4.69) is 10.3 Å². The van der Waals surface area contributed by atoms with Crippen molar-refractivity contribution in [2.45, 2.75) is 90.3 Å². The molecule has 4 atom stereocenters. The van der Waals surface area contributed by atoms with Crippen molar-refractivity contribution in [1.82, 2.24) is 15.2 Å². The van der Waals surface area contributed by atoms with Crippen molar-refractivity contribution >= 4 is 12.1 Å². The Hall–Kier alpha value is -3.34. The maximum Gasteiger partial charge on any atom is 0.417 e. The summed E-state index contributed by atoms with van der Waals surface area (Å²) in [6.07, 6.45) is -3.16. The van der Waals surface area contributed by atoms with Crippen LogP contribution < -0.4 is 10.1 Å². The molecule has 4 rings (SSSR count). The lowest BCUT2D eigenvalue weighted by atomic mass is 9.72. The molecule has 224 valence electrons. The molecule has 0 bridgehead atoms. The van der Waals surface area contributed by atoms with Gasteiger partial charge in [0.1, 0.15) is 6.04 Å². The fourth-order valence-corrected chi connectivity index (χ4v) is 6.01. The number of carboxylic acid groups (broad SMARTS) is 1. The number of benzene rings is 1. The number of ether oxygens (including phenoxy) is 2. The first-order valence-corrected chi connectivity index (χ1v) is 13.8. The molecule has 2 aromatic rings. The molecule has 0 unspecified atom stereocenters. The van der Waals surface area contributed by atoms with E-state index >= 15 is 0 Å². The van der Waals surface area contributed by atoms with Crippen LogP contribution in [0.4, 0.5) is 18.0 Å². The number of nitrogens with zero attached hydrogens (tertiary/aromatic N) is 2. The molecule has 2 N–H and O–H groups in total. The van der Waals surface area contributed by atoms with Gasteiger partial charge in [0.25, 0.3) is 0 Å². The van der Waals surface area contributed by atoms with Gasteiger partial charge in [-0.2, -0.15) is 13.2 Å². The van der Waals surface area contributed by atoms with Crippen LogP contribution in [-0.4, -0.2) is 52.4 Å². The lowest BCUT2D eigenvalue weighted by Gasteiger charge is -2.35. The minimum Gasteiger partial charge on any atom is -0.481 e. The number of rotatable bonds is 8. The van der Waals surface area contributed by atoms with Gasteiger partial charge in [-0.25, -0.2) is 14.6 Å². The second-order valence-corrected chi connectivity index (χ2v) is 12.2. The van der Waals surface area contributed by atoms with Crippen molar-refractivity contribution in [2.75, 3.05) is 7.11 Å². The van der Waals surface area contributed by atoms with Crippen molar-refractivity contribution in [3.8, 4) is 5.88 Å². The summed E-state index contributed by atoms with van der Waals surface area (Å²) in [7, 11) is 1.32. The molecular formula is C30H38F3N3O5. The first kappa shape index (κ1) is 30.6. The molecule has 1 saturated heterocycles. The minimum atomic E-state index is -4.60. The van der Waals surface area contributed by atoms with Gasteiger partial charge in [0.2, 0.25) is 5.88 Å². The fraction of sp³-hybridized carbons (Fsp3) is 0.567. The van der Waals surface area contributed by atoms with Gasteiger partial charge in [-0.15, -0.1) is 0 Å². The van der Waals surface area contributed by atoms with Gasteiger partial charge < -0.3 is 19.9 Å². The molecule has 1 amide bonds. The topological polar surface area (TPSA) is 101 Å². The molecular weight excluding hydrogens is 539 g/mol. The molecule has 8 nitrogen and oxygen atoms in total. The molecule has 2 heterocycles. The lowest BCUT2D eigenvalue weighted by Crippen LogP contribution is -2.48. The highest BCUT2D eigenvalue weighted by atomic mass is 19.4. The Balaban J connectivity index is 1.86. The number of alkyl halides is 3. The zero-order valence-corrected chi connectivity index (χ0v) is 24.2. The summed E-state index contributed by atoms with van der Waals surface area (Å²) in [4.78, 5) is 31.7. The molecule has 1 saturated carbocycles. The number of pyridine rings is 1. The van der Waals surface area contributed by atoms with Gasteiger partial charge in [-0.3, -0.25) is 4.90 Å². The molecule has 1 aromatic heterocycles. The standard InChI is InChI=1S/C30H38F3N3O5/c1-16(2)41-28(39)36-24(21-10-8-7-9-20(21)17-11-12-17)23(22(29(3,4)5)25(36)27(37)38)34-14-18-13-19(30(31,32)33)15-35-26(18)40-6/h7-10,13,15-17,22-25,34H,11-12,14H2,1-6H3,(H,37,38)/t22-,23-,24-,25-/m0/s1. The third kappa shape index (κ3) is 6.45. The highest BCUT2D eigenvalue weighted by Crippen LogP contribution is 2.52. The number of amides is 1. The Kier molecular flexibility index (Phi) is 8.59. The summed E-state index contributed by atoms with van der Waals surface area (Å²) in [6, 6.07) is 5.98. The molecule has 0 spiro atoms. The Morgan fingerprint density at radius 1 is 1.15 bits per heavy atom. The monoisotopic (exact) mass is 577 g/mol. The molecule has 1 aliphatic carbocycles. The largest absolute Gasteiger partial charge is 0.481 e. The van der Waals surface area contributed by atoms with Crippen LogP contribution in [0.5, 0.6) is 5.88 Å². The molecule has 11 heteroatoms. The molecule has 2 fully saturated rings. The van der Waals surface area contributed by atoms with E-state index in [9.17, 15) is 27.9 Å². The number of aromatic nitrogens is 1. The highest BCUT2D eigenvalue weighted by Gasteiger charge is 2.59. The predicted octanol–water partition coefficient (Wildman–Crippen LogP) is 6.16. The van der Waals surface area contributed by atoms with E-state index in [1.165, 1.54) is 12.0 Å². The van der Waals surface area contributed by atoms with Crippen LogP contribution >= 0.6 is 0 Å². The molecule has 1 aromatic carbocycles. The third-order valence-corrected chi connectivity index (χ3v) is 7.77. The van der Waals surface area contributed by atoms with Gasteiger partial charge in [0.05, 0.1) is 24.8 Å². The number of halogens is 3. The maximum atomic E-state index is 13.7. The van der Waals surface area contributed by atoms with E-state index in [1.54, 1.807) is 13.8 Å². The second kappa shape index (κ2) is 11.5. The predicted molar refractivity (Wildman–Crippen MR) is 145 cm³/mol. The minimum absolute atomic E-state index is 0.0246. The Bertz CT molecular complexity index is 1270. The summed E-state index contributed by atoms with van der Waals surface area (Å²) < 4.78 is 51.4. The summed E-state index contributed by atoms with van der Waals surface area (Å²) in [5.41, 5.74) is 0.453. The average molecular weight is 578 g/mol. The van der Waals surface area contributed by atoms with Crippen LogP contribution in [0, 0.1) is 11.3 Å². The zero-order valence-electron chi connectivity index (χ0n) is 24.2. The van der Waals surface area contributed by atoms with Crippen molar-refractivity contribution < 1.29 is 37.3 Å². The molecule has 2 aliphatic rings. The number of hydrogen-bond donors (Lipinski definition) is 2. The number of carbonyl (C=O) groups is 2. The van der Waals surface area contributed by atoms with Crippen molar-refractivity contribution in [2.24, 2.45) is 11.3 Å². The van der Waals surface area contributed by atoms with E-state index in [-0.39, 0.29) is 18.0 Å². The van der Waals surface area contributed by atoms with Crippen LogP contribution in [0.3, 0.4) is 0 Å². The van der Waals surface area contributed by atoms with E-state index in [1.807, 2.05) is 45.0 Å². The van der Waals surface area contributed by atoms with E-state index in [0.717, 1.165) is 30.0 Å². The van der Waals surface area contributed by atoms with Crippen molar-refractivity contribution in [1.29, 1.82) is 0 Å². The number of carbonyl (C=O) groups excluding carboxylic acids is 1. The van der Waals surface area contributed by atoms with Crippen LogP contribution in [0.1, 0.15) is 81.7 Å². The number of nitrogens with one attached hydrogen (secondary N) is 1. The van der Waals surface area contributed by atoms with Crippen molar-refractivity contribution in [3.63, 3.8) is 0 Å². The van der Waals surface area contributed by atoms with Gasteiger partial charge in [-0.05, 0) is 55.2 Å². The number of aliphatic carboxylic acids is 1. The van der Waals surface area contributed by atoms with Crippen LogP contribution in [0.15, 0.2) is 36.5 Å². The molecule has 1 aliphatic heterocycles. The number of methoxy groups -OCH3 is 1. The number of carboxylic acids is 1. The molecule has 0 radical (unpaired) electrons. The Morgan fingerprint density at radius 3 is 2.29 bits per heavy atom. The quantitative estimate of drug-likeness (QED) is 0.387. The maximum absolute atomic E-state index is 13.7. The van der Waals surface area contributed by atoms with Crippen LogP contribution in [-0.2, 0) is 22.3 Å². The summed E-state index contributed by atoms with van der Waals surface area (Å²) in [5.74, 6) is -1.50. The lowest BCUT2D eigenvalue weighted by molar-refractivity contribution is -0.145. The molecule has 41 heavy (non-hydrogen) atoms. The first-order chi connectivity index (χ1) is 19.1. The van der Waals surface area contributed by atoms with Crippen LogP contribution in [0.2, 0.25) is 0 Å². The zero-order chi connectivity index (χ0) is 30.3.